The van der Waals surface area contributed by atoms with Crippen molar-refractivity contribution in [1.82, 2.24) is 0 Å². The van der Waals surface area contributed by atoms with Crippen LogP contribution in [-0.4, -0.2) is 30.5 Å². The van der Waals surface area contributed by atoms with Gasteiger partial charge in [-0.25, -0.2) is 4.39 Å². The first-order valence-corrected chi connectivity index (χ1v) is 10.9. The number of halogens is 2. The first-order chi connectivity index (χ1) is 16.3. The maximum Gasteiger partial charge on any atom is 0.300 e. The molecule has 1 aliphatic heterocycles. The second-order valence-electron chi connectivity index (χ2n) is 7.50. The number of carbonyl (C=O) groups excluding carboxylic acids is 2. The van der Waals surface area contributed by atoms with E-state index < -0.39 is 23.5 Å². The molecule has 1 atom stereocenters. The summed E-state index contributed by atoms with van der Waals surface area (Å²) in [7, 11) is 1.46. The summed E-state index contributed by atoms with van der Waals surface area (Å²) < 4.78 is 24.3. The minimum Gasteiger partial charge on any atom is -0.507 e. The minimum atomic E-state index is -1.01. The Bertz CT molecular complexity index is 1290. The second kappa shape index (κ2) is 9.57. The highest BCUT2D eigenvalue weighted by atomic mass is 35.5. The lowest BCUT2D eigenvalue weighted by atomic mass is 9.95. The van der Waals surface area contributed by atoms with Crippen LogP contribution in [0.25, 0.3) is 5.76 Å². The molecule has 1 fully saturated rings. The van der Waals surface area contributed by atoms with Gasteiger partial charge in [-0.05, 0) is 55.0 Å². The van der Waals surface area contributed by atoms with Crippen LogP contribution in [0.15, 0.2) is 72.3 Å². The fraction of sp³-hybridized carbons (Fsp3) is 0.154. The van der Waals surface area contributed by atoms with Crippen molar-refractivity contribution >= 4 is 34.7 Å². The number of carbonyl (C=O) groups is 2. The van der Waals surface area contributed by atoms with Crippen LogP contribution in [0.2, 0.25) is 5.02 Å². The molecule has 1 heterocycles. The van der Waals surface area contributed by atoms with Crippen molar-refractivity contribution in [1.29, 1.82) is 0 Å². The molecule has 1 N–H and O–H groups in total. The highest BCUT2D eigenvalue weighted by Crippen LogP contribution is 2.43. The second-order valence-corrected chi connectivity index (χ2v) is 7.91. The van der Waals surface area contributed by atoms with Gasteiger partial charge in [0, 0.05) is 11.3 Å². The number of Topliss-reactive ketones (excluding diaryl/α,β-unsaturated/α-hetero) is 1. The van der Waals surface area contributed by atoms with Crippen LogP contribution < -0.4 is 14.4 Å². The molecule has 1 unspecified atom stereocenters. The van der Waals surface area contributed by atoms with E-state index in [1.54, 1.807) is 36.4 Å². The molecule has 34 heavy (non-hydrogen) atoms. The molecule has 1 saturated heterocycles. The van der Waals surface area contributed by atoms with Gasteiger partial charge in [0.05, 0.1) is 30.4 Å². The third-order valence-electron chi connectivity index (χ3n) is 5.46. The molecule has 0 aliphatic carbocycles. The van der Waals surface area contributed by atoms with E-state index in [1.165, 1.54) is 42.3 Å². The van der Waals surface area contributed by atoms with Crippen LogP contribution in [0.5, 0.6) is 11.5 Å². The molecule has 1 amide bonds. The number of hydrogen-bond donors (Lipinski definition) is 1. The van der Waals surface area contributed by atoms with Crippen LogP contribution >= 0.6 is 11.6 Å². The van der Waals surface area contributed by atoms with Gasteiger partial charge in [-0.2, -0.15) is 0 Å². The first kappa shape index (κ1) is 23.3. The Morgan fingerprint density at radius 1 is 1.09 bits per heavy atom. The van der Waals surface area contributed by atoms with Crippen molar-refractivity contribution in [2.24, 2.45) is 0 Å². The van der Waals surface area contributed by atoms with Crippen LogP contribution in [0.1, 0.15) is 24.1 Å². The number of aliphatic hydroxyl groups is 1. The molecule has 0 spiro atoms. The molecule has 6 nitrogen and oxygen atoms in total. The van der Waals surface area contributed by atoms with Gasteiger partial charge in [-0.15, -0.1) is 0 Å². The van der Waals surface area contributed by atoms with Crippen LogP contribution in [-0.2, 0) is 9.59 Å². The molecule has 0 bridgehead atoms. The van der Waals surface area contributed by atoms with E-state index in [4.69, 9.17) is 21.1 Å². The van der Waals surface area contributed by atoms with Gasteiger partial charge in [0.25, 0.3) is 11.7 Å². The van der Waals surface area contributed by atoms with Gasteiger partial charge in [0.1, 0.15) is 23.1 Å². The van der Waals surface area contributed by atoms with E-state index in [1.807, 2.05) is 6.92 Å². The fourth-order valence-electron chi connectivity index (χ4n) is 3.92. The highest BCUT2D eigenvalue weighted by Gasteiger charge is 2.47. The SMILES string of the molecule is CCOc1cccc(/C(O)=C2\C(=O)C(=O)N(c3ccc(OC)c(Cl)c3)C2c2ccc(F)cc2)c1. The fourth-order valence-corrected chi connectivity index (χ4v) is 4.17. The third-order valence-corrected chi connectivity index (χ3v) is 5.76. The normalized spacial score (nSPS) is 17.2. The van der Waals surface area contributed by atoms with E-state index in [0.717, 1.165) is 0 Å². The lowest BCUT2D eigenvalue weighted by Crippen LogP contribution is -2.29. The smallest absolute Gasteiger partial charge is 0.300 e. The van der Waals surface area contributed by atoms with Crippen molar-refractivity contribution in [2.75, 3.05) is 18.6 Å². The largest absolute Gasteiger partial charge is 0.507 e. The summed E-state index contributed by atoms with van der Waals surface area (Å²) >= 11 is 6.28. The van der Waals surface area contributed by atoms with Gasteiger partial charge in [0.15, 0.2) is 0 Å². The van der Waals surface area contributed by atoms with Crippen molar-refractivity contribution in [3.05, 3.63) is 94.3 Å². The molecule has 3 aromatic carbocycles. The number of ketones is 1. The monoisotopic (exact) mass is 481 g/mol. The lowest BCUT2D eigenvalue weighted by molar-refractivity contribution is -0.132. The van der Waals surface area contributed by atoms with Crippen molar-refractivity contribution in [3.63, 3.8) is 0 Å². The van der Waals surface area contributed by atoms with Crippen LogP contribution in [0, 0.1) is 5.82 Å². The Morgan fingerprint density at radius 3 is 2.47 bits per heavy atom. The van der Waals surface area contributed by atoms with Gasteiger partial charge >= 0.3 is 0 Å². The summed E-state index contributed by atoms with van der Waals surface area (Å²) in [6.07, 6.45) is 0. The molecule has 0 saturated carbocycles. The molecule has 1 aliphatic rings. The van der Waals surface area contributed by atoms with E-state index >= 15 is 0 Å². The van der Waals surface area contributed by atoms with Gasteiger partial charge < -0.3 is 14.6 Å². The van der Waals surface area contributed by atoms with E-state index in [-0.39, 0.29) is 16.4 Å². The summed E-state index contributed by atoms with van der Waals surface area (Å²) in [5.74, 6) is -1.67. The standard InChI is InChI=1S/C26H21ClFNO5/c1-3-34-19-6-4-5-16(13-19)24(30)22-23(15-7-9-17(28)10-8-15)29(26(32)25(22)31)18-11-12-21(33-2)20(27)14-18/h4-14,23,30H,3H2,1-2H3/b24-22+. The maximum absolute atomic E-state index is 13.7. The minimum absolute atomic E-state index is 0.128. The zero-order chi connectivity index (χ0) is 24.4. The van der Waals surface area contributed by atoms with E-state index in [2.05, 4.69) is 0 Å². The van der Waals surface area contributed by atoms with E-state index in [9.17, 15) is 19.1 Å². The molecular weight excluding hydrogens is 461 g/mol. The van der Waals surface area contributed by atoms with Crippen LogP contribution in [0.3, 0.4) is 0 Å². The third kappa shape index (κ3) is 4.22. The Kier molecular flexibility index (Phi) is 6.56. The summed E-state index contributed by atoms with van der Waals surface area (Å²) in [6.45, 7) is 2.25. The Balaban J connectivity index is 1.92. The van der Waals surface area contributed by atoms with E-state index in [0.29, 0.717) is 34.9 Å². The van der Waals surface area contributed by atoms with Crippen LogP contribution in [0.4, 0.5) is 10.1 Å². The molecular formula is C26H21ClFNO5. The molecule has 0 aromatic heterocycles. The predicted octanol–water partition coefficient (Wildman–Crippen LogP) is 5.51. The number of rotatable bonds is 6. The maximum atomic E-state index is 13.7. The number of anilines is 1. The average Bonchev–Trinajstić information content (AvgIpc) is 3.10. The molecule has 174 valence electrons. The molecule has 3 aromatic rings. The van der Waals surface area contributed by atoms with Crippen molar-refractivity contribution < 1.29 is 28.6 Å². The summed E-state index contributed by atoms with van der Waals surface area (Å²) in [5.41, 5.74) is 0.945. The lowest BCUT2D eigenvalue weighted by Gasteiger charge is -2.26. The van der Waals surface area contributed by atoms with Gasteiger partial charge in [0.2, 0.25) is 0 Å². The highest BCUT2D eigenvalue weighted by molar-refractivity contribution is 6.51. The number of nitrogens with zero attached hydrogens (tertiary/aromatic N) is 1. The topological polar surface area (TPSA) is 76.1 Å². The number of aliphatic hydroxyl groups excluding tert-OH is 1. The predicted molar refractivity (Wildman–Crippen MR) is 127 cm³/mol. The zero-order valence-corrected chi connectivity index (χ0v) is 19.2. The molecule has 0 radical (unpaired) electrons. The van der Waals surface area contributed by atoms with Crippen molar-refractivity contribution in [2.45, 2.75) is 13.0 Å². The Hall–Kier alpha value is -3.84. The Morgan fingerprint density at radius 2 is 1.82 bits per heavy atom. The molecule has 4 rings (SSSR count). The quantitative estimate of drug-likeness (QED) is 0.285. The summed E-state index contributed by atoms with van der Waals surface area (Å²) in [6, 6.07) is 15.6. The first-order valence-electron chi connectivity index (χ1n) is 10.5. The number of ether oxygens (including phenoxy) is 2. The van der Waals surface area contributed by atoms with Gasteiger partial charge in [-0.3, -0.25) is 14.5 Å². The van der Waals surface area contributed by atoms with Crippen molar-refractivity contribution in [3.8, 4) is 11.5 Å². The average molecular weight is 482 g/mol. The summed E-state index contributed by atoms with van der Waals surface area (Å²) in [4.78, 5) is 27.6. The number of methoxy groups -OCH3 is 1. The number of benzene rings is 3. The Labute approximate surface area is 200 Å². The van der Waals surface area contributed by atoms with Gasteiger partial charge in [-0.1, -0.05) is 35.9 Å². The number of hydrogen-bond acceptors (Lipinski definition) is 5. The molecule has 8 heteroatoms. The summed E-state index contributed by atoms with van der Waals surface area (Å²) in [5, 5.41) is 11.4. The number of amides is 1. The zero-order valence-electron chi connectivity index (χ0n) is 18.4.